The summed E-state index contributed by atoms with van der Waals surface area (Å²) in [6.07, 6.45) is 1.99. The lowest BCUT2D eigenvalue weighted by molar-refractivity contribution is 0.363. The lowest BCUT2D eigenvalue weighted by Crippen LogP contribution is -2.16. The Labute approximate surface area is 137 Å². The Kier molecular flexibility index (Phi) is 4.78. The number of hydrogen-bond acceptors (Lipinski definition) is 6. The molecule has 1 aromatic carbocycles. The van der Waals surface area contributed by atoms with E-state index in [9.17, 15) is 4.79 Å². The summed E-state index contributed by atoms with van der Waals surface area (Å²) in [5, 5.41) is 7.81. The van der Waals surface area contributed by atoms with Crippen LogP contribution in [0, 0.1) is 6.92 Å². The molecule has 0 aliphatic heterocycles. The van der Waals surface area contributed by atoms with Crippen molar-refractivity contribution in [3.05, 3.63) is 57.5 Å². The summed E-state index contributed by atoms with van der Waals surface area (Å²) in [6.45, 7) is 2.97. The summed E-state index contributed by atoms with van der Waals surface area (Å²) >= 11 is 1.65. The van der Waals surface area contributed by atoms with Gasteiger partial charge in [0.1, 0.15) is 0 Å². The van der Waals surface area contributed by atoms with Gasteiger partial charge >= 0.3 is 0 Å². The highest BCUT2D eigenvalue weighted by Crippen LogP contribution is 2.11. The van der Waals surface area contributed by atoms with E-state index in [-0.39, 0.29) is 5.43 Å². The largest absolute Gasteiger partial charge is 0.357 e. The zero-order valence-electron chi connectivity index (χ0n) is 13.0. The SMILES string of the molecule is CSCc1noc(CNCc2cc(=O)c3cc(C)ccc3[nH]2)n1. The molecule has 0 amide bonds. The first kappa shape index (κ1) is 15.8. The number of aromatic nitrogens is 3. The number of aryl methyl sites for hydroxylation is 1. The molecular weight excluding hydrogens is 312 g/mol. The minimum absolute atomic E-state index is 0.0271. The molecule has 0 saturated heterocycles. The van der Waals surface area contributed by atoms with Gasteiger partial charge in [-0.3, -0.25) is 4.79 Å². The molecule has 0 unspecified atom stereocenters. The number of pyridine rings is 1. The van der Waals surface area contributed by atoms with Gasteiger partial charge in [0.15, 0.2) is 11.3 Å². The highest BCUT2D eigenvalue weighted by Gasteiger charge is 2.06. The average Bonchev–Trinajstić information content (AvgIpc) is 2.96. The van der Waals surface area contributed by atoms with Crippen LogP contribution in [0.2, 0.25) is 0 Å². The first-order valence-corrected chi connectivity index (χ1v) is 8.69. The standard InChI is InChI=1S/C16H18N4O2S/c1-10-3-4-13-12(5-10)14(21)6-11(18-13)7-17-8-16-19-15(9-23-2)20-22-16/h3-6,17H,7-9H2,1-2H3,(H,18,21). The summed E-state index contributed by atoms with van der Waals surface area (Å²) in [7, 11) is 0. The number of H-pyrrole nitrogens is 1. The second kappa shape index (κ2) is 6.97. The number of rotatable bonds is 6. The number of nitrogens with zero attached hydrogens (tertiary/aromatic N) is 2. The van der Waals surface area contributed by atoms with Gasteiger partial charge in [-0.05, 0) is 25.3 Å². The Morgan fingerprint density at radius 1 is 1.30 bits per heavy atom. The summed E-state index contributed by atoms with van der Waals surface area (Å²) in [4.78, 5) is 19.7. The second-order valence-corrected chi connectivity index (χ2v) is 6.21. The van der Waals surface area contributed by atoms with Crippen LogP contribution in [0.1, 0.15) is 23.0 Å². The third kappa shape index (κ3) is 3.80. The molecule has 0 aliphatic carbocycles. The quantitative estimate of drug-likeness (QED) is 0.722. The first-order valence-electron chi connectivity index (χ1n) is 7.29. The van der Waals surface area contributed by atoms with E-state index in [1.165, 1.54) is 0 Å². The Hall–Kier alpha value is -2.12. The number of hydrogen-bond donors (Lipinski definition) is 2. The van der Waals surface area contributed by atoms with Gasteiger partial charge in [-0.25, -0.2) is 0 Å². The van der Waals surface area contributed by atoms with Gasteiger partial charge in [-0.2, -0.15) is 16.7 Å². The zero-order chi connectivity index (χ0) is 16.2. The number of fused-ring (bicyclic) bond motifs is 1. The van der Waals surface area contributed by atoms with Crippen molar-refractivity contribution in [2.24, 2.45) is 0 Å². The van der Waals surface area contributed by atoms with E-state index in [1.54, 1.807) is 17.8 Å². The zero-order valence-corrected chi connectivity index (χ0v) is 13.9. The molecule has 3 rings (SSSR count). The van der Waals surface area contributed by atoms with Gasteiger partial charge in [0.25, 0.3) is 0 Å². The van der Waals surface area contributed by atoms with Crippen LogP contribution >= 0.6 is 11.8 Å². The molecule has 2 N–H and O–H groups in total. The van der Waals surface area contributed by atoms with Crippen LogP contribution in [0.15, 0.2) is 33.6 Å². The van der Waals surface area contributed by atoms with Crippen LogP contribution in [-0.4, -0.2) is 21.4 Å². The van der Waals surface area contributed by atoms with Gasteiger partial charge in [0.2, 0.25) is 5.89 Å². The van der Waals surface area contributed by atoms with Crippen molar-refractivity contribution in [1.82, 2.24) is 20.4 Å². The number of nitrogens with one attached hydrogen (secondary N) is 2. The van der Waals surface area contributed by atoms with E-state index in [0.29, 0.717) is 30.2 Å². The molecule has 0 atom stereocenters. The maximum absolute atomic E-state index is 12.2. The fraction of sp³-hybridized carbons (Fsp3) is 0.312. The topological polar surface area (TPSA) is 83.8 Å². The van der Waals surface area contributed by atoms with Crippen molar-refractivity contribution >= 4 is 22.7 Å². The van der Waals surface area contributed by atoms with Crippen molar-refractivity contribution in [2.45, 2.75) is 25.8 Å². The smallest absolute Gasteiger partial charge is 0.240 e. The molecule has 23 heavy (non-hydrogen) atoms. The molecular formula is C16H18N4O2S. The molecule has 0 bridgehead atoms. The molecule has 120 valence electrons. The second-order valence-electron chi connectivity index (χ2n) is 5.35. The van der Waals surface area contributed by atoms with E-state index in [0.717, 1.165) is 22.5 Å². The maximum atomic E-state index is 12.2. The van der Waals surface area contributed by atoms with E-state index < -0.39 is 0 Å². The minimum Gasteiger partial charge on any atom is -0.357 e. The number of benzene rings is 1. The summed E-state index contributed by atoms with van der Waals surface area (Å²) in [6, 6.07) is 7.45. The van der Waals surface area contributed by atoms with Gasteiger partial charge in [-0.15, -0.1) is 0 Å². The summed E-state index contributed by atoms with van der Waals surface area (Å²) in [5.74, 6) is 1.98. The predicted octanol–water partition coefficient (Wildman–Crippen LogP) is 2.37. The third-order valence-corrected chi connectivity index (χ3v) is 3.96. The lowest BCUT2D eigenvalue weighted by atomic mass is 10.1. The molecule has 2 heterocycles. The molecule has 7 heteroatoms. The van der Waals surface area contributed by atoms with Gasteiger partial charge in [0, 0.05) is 29.2 Å². The molecule has 2 aromatic heterocycles. The van der Waals surface area contributed by atoms with Crippen molar-refractivity contribution in [3.8, 4) is 0 Å². The van der Waals surface area contributed by atoms with Crippen molar-refractivity contribution in [1.29, 1.82) is 0 Å². The molecule has 0 spiro atoms. The Balaban J connectivity index is 1.67. The van der Waals surface area contributed by atoms with Crippen LogP contribution in [-0.2, 0) is 18.8 Å². The van der Waals surface area contributed by atoms with Crippen LogP contribution in [0.5, 0.6) is 0 Å². The van der Waals surface area contributed by atoms with Crippen molar-refractivity contribution < 1.29 is 4.52 Å². The van der Waals surface area contributed by atoms with Crippen molar-refractivity contribution in [2.75, 3.05) is 6.26 Å². The van der Waals surface area contributed by atoms with E-state index >= 15 is 0 Å². The Bertz CT molecular complexity index is 872. The van der Waals surface area contributed by atoms with Crippen LogP contribution in [0.25, 0.3) is 10.9 Å². The minimum atomic E-state index is 0.0271. The van der Waals surface area contributed by atoms with Crippen LogP contribution < -0.4 is 10.7 Å². The molecule has 0 saturated carbocycles. The predicted molar refractivity (Wildman–Crippen MR) is 91.4 cm³/mol. The van der Waals surface area contributed by atoms with Crippen LogP contribution in [0.3, 0.4) is 0 Å². The van der Waals surface area contributed by atoms with Gasteiger partial charge in [0.05, 0.1) is 12.3 Å². The Morgan fingerprint density at radius 2 is 2.17 bits per heavy atom. The molecule has 0 fully saturated rings. The molecule has 0 radical (unpaired) electrons. The first-order chi connectivity index (χ1) is 11.2. The van der Waals surface area contributed by atoms with E-state index in [1.807, 2.05) is 31.4 Å². The molecule has 3 aromatic rings. The lowest BCUT2D eigenvalue weighted by Gasteiger charge is -2.05. The third-order valence-electron chi connectivity index (χ3n) is 3.42. The van der Waals surface area contributed by atoms with Gasteiger partial charge in [-0.1, -0.05) is 16.8 Å². The molecule has 6 nitrogen and oxygen atoms in total. The number of aromatic amines is 1. The number of thioether (sulfide) groups is 1. The highest BCUT2D eigenvalue weighted by atomic mass is 32.2. The Morgan fingerprint density at radius 3 is 3.00 bits per heavy atom. The van der Waals surface area contributed by atoms with Crippen molar-refractivity contribution in [3.63, 3.8) is 0 Å². The summed E-state index contributed by atoms with van der Waals surface area (Å²) < 4.78 is 5.15. The fourth-order valence-corrected chi connectivity index (χ4v) is 2.74. The fourth-order valence-electron chi connectivity index (χ4n) is 2.37. The van der Waals surface area contributed by atoms with E-state index in [2.05, 4.69) is 20.4 Å². The summed E-state index contributed by atoms with van der Waals surface area (Å²) in [5.41, 5.74) is 2.78. The molecule has 0 aliphatic rings. The van der Waals surface area contributed by atoms with Gasteiger partial charge < -0.3 is 14.8 Å². The van der Waals surface area contributed by atoms with Crippen LogP contribution in [0.4, 0.5) is 0 Å². The highest BCUT2D eigenvalue weighted by molar-refractivity contribution is 7.97. The van der Waals surface area contributed by atoms with E-state index in [4.69, 9.17) is 4.52 Å². The monoisotopic (exact) mass is 330 g/mol. The normalized spacial score (nSPS) is 11.2. The average molecular weight is 330 g/mol. The maximum Gasteiger partial charge on any atom is 0.240 e.